The fraction of sp³-hybridized carbons (Fsp3) is 0. The van der Waals surface area contributed by atoms with Gasteiger partial charge in [-0.3, -0.25) is 0 Å². The molecule has 0 heterocycles. The number of fused-ring (bicyclic) bond motifs is 2. The van der Waals surface area contributed by atoms with Crippen molar-refractivity contribution >= 4 is 21.5 Å². The van der Waals surface area contributed by atoms with E-state index >= 15 is 0 Å². The molecule has 0 atom stereocenters. The summed E-state index contributed by atoms with van der Waals surface area (Å²) in [6, 6.07) is 23.1. The maximum Gasteiger partial charge on any atom is 0.123 e. The van der Waals surface area contributed by atoms with E-state index in [1.165, 1.54) is 17.5 Å². The van der Waals surface area contributed by atoms with Gasteiger partial charge in [-0.25, -0.2) is 0 Å². The molecule has 0 aliphatic carbocycles. The van der Waals surface area contributed by atoms with Gasteiger partial charge in [0.05, 0.1) is 0 Å². The third kappa shape index (κ3) is 2.47. The number of phenols is 2. The average Bonchev–Trinajstić information content (AvgIpc) is 2.55. The predicted octanol–water partition coefficient (Wildman–Crippen LogP) is 4.25. The summed E-state index contributed by atoms with van der Waals surface area (Å²) < 4.78 is 0. The lowest BCUT2D eigenvalue weighted by Gasteiger charge is -2.10. The van der Waals surface area contributed by atoms with Crippen LogP contribution in [-0.4, -0.2) is 15.7 Å². The molecule has 0 unspecified atom stereocenters. The van der Waals surface area contributed by atoms with Gasteiger partial charge in [-0.15, -0.1) is 0 Å². The van der Waals surface area contributed by atoms with E-state index in [-0.39, 0.29) is 17.0 Å². The third-order valence-corrected chi connectivity index (χ3v) is 4.02. The highest BCUT2D eigenvalue weighted by atomic mass is 16.3. The van der Waals surface area contributed by atoms with Crippen molar-refractivity contribution in [2.24, 2.45) is 0 Å². The van der Waals surface area contributed by atoms with E-state index in [2.05, 4.69) is 30.3 Å². The van der Waals surface area contributed by atoms with Gasteiger partial charge in [-0.05, 0) is 57.4 Å². The molecule has 4 rings (SSSR count). The summed E-state index contributed by atoms with van der Waals surface area (Å²) in [6.45, 7) is 0. The van der Waals surface area contributed by atoms with Crippen LogP contribution in [0.4, 0.5) is 0 Å². The van der Waals surface area contributed by atoms with E-state index < -0.39 is 0 Å². The van der Waals surface area contributed by atoms with Crippen molar-refractivity contribution in [3.63, 3.8) is 0 Å². The lowest BCUT2D eigenvalue weighted by atomic mass is 9.95. The molecule has 0 saturated heterocycles. The van der Waals surface area contributed by atoms with Crippen LogP contribution in [0.2, 0.25) is 0 Å². The van der Waals surface area contributed by atoms with Gasteiger partial charge < -0.3 is 15.7 Å². The van der Waals surface area contributed by atoms with E-state index in [1.807, 2.05) is 24.3 Å². The molecule has 4 N–H and O–H groups in total. The Hall–Kier alpha value is -3.04. The fourth-order valence-corrected chi connectivity index (χ4v) is 2.94. The molecule has 3 nitrogen and oxygen atoms in total. The highest BCUT2D eigenvalue weighted by Gasteiger charge is 2.10. The molecule has 0 fully saturated rings. The van der Waals surface area contributed by atoms with Gasteiger partial charge in [0.2, 0.25) is 0 Å². The number of hydrogen-bond acceptors (Lipinski definition) is 2. The van der Waals surface area contributed by atoms with Crippen LogP contribution >= 0.6 is 0 Å². The number of benzene rings is 4. The van der Waals surface area contributed by atoms with Crippen molar-refractivity contribution in [1.82, 2.24) is 0 Å². The topological polar surface area (TPSA) is 72.0 Å². The molecule has 0 amide bonds. The number of phenolic OH excluding ortho intramolecular Hbond substituents is 2. The van der Waals surface area contributed by atoms with Crippen molar-refractivity contribution in [3.8, 4) is 22.6 Å². The van der Waals surface area contributed by atoms with Crippen molar-refractivity contribution in [2.75, 3.05) is 0 Å². The zero-order valence-corrected chi connectivity index (χ0v) is 12.3. The summed E-state index contributed by atoms with van der Waals surface area (Å²) >= 11 is 0. The van der Waals surface area contributed by atoms with Crippen LogP contribution in [0.1, 0.15) is 0 Å². The molecule has 114 valence electrons. The zero-order valence-electron chi connectivity index (χ0n) is 12.3. The van der Waals surface area contributed by atoms with Crippen LogP contribution in [0, 0.1) is 0 Å². The molecule has 0 aliphatic heterocycles. The van der Waals surface area contributed by atoms with Crippen LogP contribution in [-0.2, 0) is 0 Å². The minimum atomic E-state index is 0. The van der Waals surface area contributed by atoms with Crippen LogP contribution < -0.4 is 0 Å². The van der Waals surface area contributed by atoms with Gasteiger partial charge in [-0.2, -0.15) is 0 Å². The average molecular weight is 304 g/mol. The normalized spacial score (nSPS) is 10.6. The van der Waals surface area contributed by atoms with E-state index in [1.54, 1.807) is 6.07 Å². The Morgan fingerprint density at radius 1 is 0.565 bits per heavy atom. The Labute approximate surface area is 133 Å². The van der Waals surface area contributed by atoms with E-state index in [4.69, 9.17) is 0 Å². The maximum absolute atomic E-state index is 10.2. The molecule has 0 radical (unpaired) electrons. The number of rotatable bonds is 1. The van der Waals surface area contributed by atoms with Gasteiger partial charge >= 0.3 is 0 Å². The van der Waals surface area contributed by atoms with Crippen molar-refractivity contribution in [3.05, 3.63) is 72.8 Å². The SMILES string of the molecule is O.Oc1ccc(O)c(-c2cccc3cc4ccccc4cc23)c1. The summed E-state index contributed by atoms with van der Waals surface area (Å²) in [4.78, 5) is 0. The Kier molecular flexibility index (Phi) is 3.64. The summed E-state index contributed by atoms with van der Waals surface area (Å²) in [7, 11) is 0. The molecule has 0 aliphatic rings. The van der Waals surface area contributed by atoms with E-state index in [9.17, 15) is 10.2 Å². The first-order valence-electron chi connectivity index (χ1n) is 7.16. The lowest BCUT2D eigenvalue weighted by molar-refractivity contribution is 0.462. The maximum atomic E-state index is 10.2. The van der Waals surface area contributed by atoms with E-state index in [0.717, 1.165) is 21.7 Å². The van der Waals surface area contributed by atoms with Crippen LogP contribution in [0.5, 0.6) is 11.5 Å². The number of aromatic hydroxyl groups is 2. The van der Waals surface area contributed by atoms with Gasteiger partial charge in [0.1, 0.15) is 11.5 Å². The first kappa shape index (κ1) is 14.9. The summed E-state index contributed by atoms with van der Waals surface area (Å²) in [5.41, 5.74) is 1.55. The second kappa shape index (κ2) is 5.63. The first-order valence-corrected chi connectivity index (χ1v) is 7.16. The predicted molar refractivity (Wildman–Crippen MR) is 93.8 cm³/mol. The molecule has 0 bridgehead atoms. The van der Waals surface area contributed by atoms with Crippen molar-refractivity contribution in [1.29, 1.82) is 0 Å². The summed E-state index contributed by atoms with van der Waals surface area (Å²) in [6.07, 6.45) is 0. The molecular weight excluding hydrogens is 288 g/mol. The van der Waals surface area contributed by atoms with Gasteiger partial charge in [0.25, 0.3) is 0 Å². The molecule has 3 heteroatoms. The molecule has 0 aromatic heterocycles. The highest BCUT2D eigenvalue weighted by molar-refractivity contribution is 6.05. The molecule has 0 saturated carbocycles. The first-order chi connectivity index (χ1) is 10.7. The van der Waals surface area contributed by atoms with Gasteiger partial charge in [-0.1, -0.05) is 42.5 Å². The van der Waals surface area contributed by atoms with Crippen LogP contribution in [0.3, 0.4) is 0 Å². The summed E-state index contributed by atoms with van der Waals surface area (Å²) in [5, 5.41) is 24.4. The molecule has 0 spiro atoms. The third-order valence-electron chi connectivity index (χ3n) is 4.02. The Balaban J connectivity index is 0.00000156. The Morgan fingerprint density at radius 3 is 2.04 bits per heavy atom. The van der Waals surface area contributed by atoms with Crippen LogP contribution in [0.25, 0.3) is 32.7 Å². The summed E-state index contributed by atoms with van der Waals surface area (Å²) in [5.74, 6) is 0.309. The smallest absolute Gasteiger partial charge is 0.123 e. The van der Waals surface area contributed by atoms with Crippen molar-refractivity contribution in [2.45, 2.75) is 0 Å². The monoisotopic (exact) mass is 304 g/mol. The molecule has 4 aromatic carbocycles. The zero-order chi connectivity index (χ0) is 15.1. The quantitative estimate of drug-likeness (QED) is 0.407. The molecular formula is C20H16O3. The standard InChI is InChI=1S/C20H14O2.H2O/c21-16-8-9-20(22)19(12-16)17-7-3-6-15-10-13-4-1-2-5-14(13)11-18(15)17;/h1-12,21-22H;1H2. The Bertz CT molecular complexity index is 1010. The Morgan fingerprint density at radius 2 is 1.26 bits per heavy atom. The van der Waals surface area contributed by atoms with Crippen LogP contribution in [0.15, 0.2) is 72.8 Å². The molecule has 23 heavy (non-hydrogen) atoms. The fourth-order valence-electron chi connectivity index (χ4n) is 2.94. The van der Waals surface area contributed by atoms with Gasteiger partial charge in [0.15, 0.2) is 0 Å². The van der Waals surface area contributed by atoms with Crippen molar-refractivity contribution < 1.29 is 15.7 Å². The lowest BCUT2D eigenvalue weighted by Crippen LogP contribution is -1.84. The molecule has 4 aromatic rings. The second-order valence-electron chi connectivity index (χ2n) is 5.43. The number of hydrogen-bond donors (Lipinski definition) is 2. The highest BCUT2D eigenvalue weighted by Crippen LogP contribution is 2.37. The minimum absolute atomic E-state index is 0. The van der Waals surface area contributed by atoms with E-state index in [0.29, 0.717) is 5.56 Å². The minimum Gasteiger partial charge on any atom is -0.508 e. The largest absolute Gasteiger partial charge is 0.508 e. The second-order valence-corrected chi connectivity index (χ2v) is 5.43. The van der Waals surface area contributed by atoms with Gasteiger partial charge in [0, 0.05) is 5.56 Å².